The fourth-order valence-electron chi connectivity index (χ4n) is 2.81. The summed E-state index contributed by atoms with van der Waals surface area (Å²) in [7, 11) is 3.14. The van der Waals surface area contributed by atoms with Gasteiger partial charge < -0.3 is 19.7 Å². The normalized spacial score (nSPS) is 11.4. The van der Waals surface area contributed by atoms with Gasteiger partial charge in [0.1, 0.15) is 17.5 Å². The minimum Gasteiger partial charge on any atom is -0.497 e. The molecule has 0 bridgehead atoms. The van der Waals surface area contributed by atoms with Crippen LogP contribution in [-0.4, -0.2) is 43.5 Å². The van der Waals surface area contributed by atoms with E-state index in [0.717, 1.165) is 5.56 Å². The van der Waals surface area contributed by atoms with E-state index in [-0.39, 0.29) is 25.0 Å². The molecular weight excluding hydrogens is 380 g/mol. The predicted octanol–water partition coefficient (Wildman–Crippen LogP) is 3.28. The Bertz CT molecular complexity index is 795. The van der Waals surface area contributed by atoms with Crippen molar-refractivity contribution in [3.8, 4) is 11.5 Å². The van der Waals surface area contributed by atoms with E-state index in [9.17, 15) is 9.59 Å². The lowest BCUT2D eigenvalue weighted by Gasteiger charge is -2.30. The van der Waals surface area contributed by atoms with Crippen LogP contribution in [0.5, 0.6) is 11.5 Å². The van der Waals surface area contributed by atoms with Crippen molar-refractivity contribution in [2.45, 2.75) is 25.9 Å². The van der Waals surface area contributed by atoms with Gasteiger partial charge in [-0.15, -0.1) is 0 Å². The molecule has 2 amide bonds. The van der Waals surface area contributed by atoms with Crippen molar-refractivity contribution in [1.29, 1.82) is 0 Å². The van der Waals surface area contributed by atoms with Crippen LogP contribution in [0.2, 0.25) is 5.02 Å². The van der Waals surface area contributed by atoms with Gasteiger partial charge in [0.2, 0.25) is 5.91 Å². The Morgan fingerprint density at radius 1 is 1.14 bits per heavy atom. The van der Waals surface area contributed by atoms with Crippen molar-refractivity contribution < 1.29 is 19.1 Å². The number of rotatable bonds is 9. The molecule has 1 N–H and O–H groups in total. The predicted molar refractivity (Wildman–Crippen MR) is 109 cm³/mol. The molecule has 0 spiro atoms. The van der Waals surface area contributed by atoms with Gasteiger partial charge >= 0.3 is 0 Å². The highest BCUT2D eigenvalue weighted by Crippen LogP contribution is 2.19. The molecule has 0 aromatic heterocycles. The maximum Gasteiger partial charge on any atom is 0.261 e. The molecule has 150 valence electrons. The summed E-state index contributed by atoms with van der Waals surface area (Å²) in [6.45, 7) is 1.96. The minimum atomic E-state index is -0.600. The number of likely N-dealkylation sites (N-methyl/N-ethyl adjacent to an activating group) is 1. The zero-order chi connectivity index (χ0) is 20.5. The number of hydrogen-bond acceptors (Lipinski definition) is 4. The molecule has 2 rings (SSSR count). The van der Waals surface area contributed by atoms with Crippen molar-refractivity contribution in [2.75, 3.05) is 20.8 Å². The summed E-state index contributed by atoms with van der Waals surface area (Å²) in [5, 5.41) is 3.21. The van der Waals surface area contributed by atoms with E-state index in [1.54, 1.807) is 38.4 Å². The van der Waals surface area contributed by atoms with E-state index >= 15 is 0 Å². The van der Waals surface area contributed by atoms with E-state index in [0.29, 0.717) is 22.9 Å². The third-order valence-electron chi connectivity index (χ3n) is 4.30. The Morgan fingerprint density at radius 2 is 1.86 bits per heavy atom. The van der Waals surface area contributed by atoms with Crippen LogP contribution < -0.4 is 14.8 Å². The number of methoxy groups -OCH3 is 1. The minimum absolute atomic E-state index is 0.181. The maximum absolute atomic E-state index is 12.9. The van der Waals surface area contributed by atoms with Gasteiger partial charge in [0.15, 0.2) is 6.61 Å². The van der Waals surface area contributed by atoms with E-state index in [2.05, 4.69) is 5.32 Å². The van der Waals surface area contributed by atoms with Crippen LogP contribution in [-0.2, 0) is 16.1 Å². The molecule has 1 unspecified atom stereocenters. The van der Waals surface area contributed by atoms with Crippen molar-refractivity contribution >= 4 is 23.4 Å². The molecule has 0 aliphatic carbocycles. The molecule has 2 aromatic rings. The second-order valence-electron chi connectivity index (χ2n) is 6.15. The second kappa shape index (κ2) is 10.6. The number of benzene rings is 2. The van der Waals surface area contributed by atoms with Gasteiger partial charge in [-0.3, -0.25) is 9.59 Å². The lowest BCUT2D eigenvalue weighted by molar-refractivity contribution is -0.142. The van der Waals surface area contributed by atoms with Crippen LogP contribution in [0.15, 0.2) is 48.5 Å². The molecule has 1 atom stereocenters. The Kier molecular flexibility index (Phi) is 8.14. The summed E-state index contributed by atoms with van der Waals surface area (Å²) in [5.74, 6) is 0.723. The highest BCUT2D eigenvalue weighted by atomic mass is 35.5. The zero-order valence-electron chi connectivity index (χ0n) is 16.3. The first-order valence-electron chi connectivity index (χ1n) is 9.00. The summed E-state index contributed by atoms with van der Waals surface area (Å²) < 4.78 is 10.8. The van der Waals surface area contributed by atoms with Crippen molar-refractivity contribution in [1.82, 2.24) is 10.2 Å². The van der Waals surface area contributed by atoms with Crippen LogP contribution in [0, 0.1) is 0 Å². The first kappa shape index (κ1) is 21.6. The molecule has 7 heteroatoms. The SMILES string of the molecule is CCC(C(=O)NC)N(Cc1cccc(OC)c1)C(=O)COc1ccc(Cl)cc1. The number of amides is 2. The quantitative estimate of drug-likeness (QED) is 0.696. The lowest BCUT2D eigenvalue weighted by atomic mass is 10.1. The smallest absolute Gasteiger partial charge is 0.261 e. The summed E-state index contributed by atoms with van der Waals surface area (Å²) in [5.41, 5.74) is 0.863. The van der Waals surface area contributed by atoms with Gasteiger partial charge in [0.25, 0.3) is 5.91 Å². The highest BCUT2D eigenvalue weighted by Gasteiger charge is 2.28. The average molecular weight is 405 g/mol. The standard InChI is InChI=1S/C21H25ClN2O4/c1-4-19(21(26)23-2)24(13-15-6-5-7-18(12-15)27-3)20(25)14-28-17-10-8-16(22)9-11-17/h5-12,19H,4,13-14H2,1-3H3,(H,23,26). The van der Waals surface area contributed by atoms with Gasteiger partial charge in [0.05, 0.1) is 7.11 Å². The molecule has 0 aliphatic heterocycles. The van der Waals surface area contributed by atoms with Crippen LogP contribution >= 0.6 is 11.6 Å². The molecule has 0 saturated heterocycles. The number of ether oxygens (including phenoxy) is 2. The Morgan fingerprint density at radius 3 is 2.46 bits per heavy atom. The second-order valence-corrected chi connectivity index (χ2v) is 6.59. The van der Waals surface area contributed by atoms with Crippen LogP contribution in [0.1, 0.15) is 18.9 Å². The van der Waals surface area contributed by atoms with Crippen LogP contribution in [0.3, 0.4) is 0 Å². The number of nitrogens with zero attached hydrogens (tertiary/aromatic N) is 1. The molecule has 0 aliphatic rings. The summed E-state index contributed by atoms with van der Waals surface area (Å²) in [6, 6.07) is 13.6. The molecule has 0 fully saturated rings. The summed E-state index contributed by atoms with van der Waals surface area (Å²) >= 11 is 5.87. The largest absolute Gasteiger partial charge is 0.497 e. The number of carbonyl (C=O) groups is 2. The van der Waals surface area contributed by atoms with Gasteiger partial charge in [-0.1, -0.05) is 30.7 Å². The summed E-state index contributed by atoms with van der Waals surface area (Å²) in [4.78, 5) is 26.8. The Labute approximate surface area is 170 Å². The van der Waals surface area contributed by atoms with E-state index in [1.165, 1.54) is 4.90 Å². The first-order valence-corrected chi connectivity index (χ1v) is 9.38. The van der Waals surface area contributed by atoms with Crippen molar-refractivity contribution in [3.63, 3.8) is 0 Å². The topological polar surface area (TPSA) is 67.9 Å². The Hall–Kier alpha value is -2.73. The molecule has 28 heavy (non-hydrogen) atoms. The monoisotopic (exact) mass is 404 g/mol. The number of carbonyl (C=O) groups excluding carboxylic acids is 2. The highest BCUT2D eigenvalue weighted by molar-refractivity contribution is 6.30. The van der Waals surface area contributed by atoms with Crippen molar-refractivity contribution in [2.24, 2.45) is 0 Å². The molecule has 2 aromatic carbocycles. The molecule has 0 heterocycles. The number of nitrogens with one attached hydrogen (secondary N) is 1. The number of hydrogen-bond donors (Lipinski definition) is 1. The zero-order valence-corrected chi connectivity index (χ0v) is 17.0. The molecular formula is C21H25ClN2O4. The van der Waals surface area contributed by atoms with E-state index in [4.69, 9.17) is 21.1 Å². The van der Waals surface area contributed by atoms with Gasteiger partial charge in [-0.25, -0.2) is 0 Å². The molecule has 0 radical (unpaired) electrons. The van der Waals surface area contributed by atoms with Gasteiger partial charge in [-0.2, -0.15) is 0 Å². The van der Waals surface area contributed by atoms with Gasteiger partial charge in [0, 0.05) is 18.6 Å². The summed E-state index contributed by atoms with van der Waals surface area (Å²) in [6.07, 6.45) is 0.482. The average Bonchev–Trinajstić information content (AvgIpc) is 2.72. The first-order chi connectivity index (χ1) is 13.5. The number of halogens is 1. The fourth-order valence-corrected chi connectivity index (χ4v) is 2.94. The fraction of sp³-hybridized carbons (Fsp3) is 0.333. The third-order valence-corrected chi connectivity index (χ3v) is 4.55. The molecule has 0 saturated carbocycles. The Balaban J connectivity index is 2.19. The van der Waals surface area contributed by atoms with E-state index < -0.39 is 6.04 Å². The molecule has 6 nitrogen and oxygen atoms in total. The lowest BCUT2D eigenvalue weighted by Crippen LogP contribution is -2.49. The third kappa shape index (κ3) is 5.89. The van der Waals surface area contributed by atoms with Crippen molar-refractivity contribution in [3.05, 3.63) is 59.1 Å². The van der Waals surface area contributed by atoms with Crippen LogP contribution in [0.25, 0.3) is 0 Å². The van der Waals surface area contributed by atoms with Gasteiger partial charge in [-0.05, 0) is 48.4 Å². The van der Waals surface area contributed by atoms with E-state index in [1.807, 2.05) is 31.2 Å². The van der Waals surface area contributed by atoms with Crippen LogP contribution in [0.4, 0.5) is 0 Å². The maximum atomic E-state index is 12.9.